The average molecular weight is 428 g/mol. The molecule has 2 N–H and O–H groups in total. The molecule has 1 aromatic heterocycles. The van der Waals surface area contributed by atoms with Crippen LogP contribution in [-0.4, -0.2) is 33.1 Å². The van der Waals surface area contributed by atoms with Gasteiger partial charge in [0.25, 0.3) is 0 Å². The summed E-state index contributed by atoms with van der Waals surface area (Å²) in [4.78, 5) is 13.2. The van der Waals surface area contributed by atoms with Crippen molar-refractivity contribution in [1.82, 2.24) is 14.9 Å². The molecule has 0 radical (unpaired) electrons. The van der Waals surface area contributed by atoms with E-state index in [0.29, 0.717) is 10.8 Å². The summed E-state index contributed by atoms with van der Waals surface area (Å²) < 4.78 is 20.3. The number of amides is 1. The fourth-order valence-corrected chi connectivity index (χ4v) is 4.39. The zero-order valence-electron chi connectivity index (χ0n) is 16.6. The normalized spacial score (nSPS) is 17.7. The molecule has 3 aromatic rings. The maximum atomic E-state index is 13.2. The van der Waals surface area contributed by atoms with Crippen LogP contribution in [0.25, 0.3) is 0 Å². The van der Waals surface area contributed by atoms with E-state index in [2.05, 4.69) is 27.9 Å². The number of hydrogen-bond donors (Lipinski definition) is 2. The first-order valence-electron chi connectivity index (χ1n) is 9.67. The average Bonchev–Trinajstić information content (AvgIpc) is 3.16. The molecular weight excluding hydrogens is 405 g/mol. The predicted molar refractivity (Wildman–Crippen MR) is 114 cm³/mol. The zero-order valence-corrected chi connectivity index (χ0v) is 17.4. The van der Waals surface area contributed by atoms with Gasteiger partial charge in [-0.1, -0.05) is 30.8 Å². The van der Waals surface area contributed by atoms with E-state index in [4.69, 9.17) is 4.74 Å². The molecule has 0 fully saturated rings. The molecule has 9 heteroatoms. The lowest BCUT2D eigenvalue weighted by Gasteiger charge is -2.33. The van der Waals surface area contributed by atoms with Crippen LogP contribution in [0.1, 0.15) is 30.8 Å². The lowest BCUT2D eigenvalue weighted by Crippen LogP contribution is -2.41. The maximum absolute atomic E-state index is 13.2. The van der Waals surface area contributed by atoms with E-state index in [1.165, 1.54) is 23.9 Å². The lowest BCUT2D eigenvalue weighted by atomic mass is 10.0. The third-order valence-electron chi connectivity index (χ3n) is 4.82. The van der Waals surface area contributed by atoms with E-state index in [1.54, 1.807) is 19.2 Å². The van der Waals surface area contributed by atoms with Gasteiger partial charge in [0.05, 0.1) is 13.2 Å². The first-order chi connectivity index (χ1) is 14.6. The number of aromatic nitrogens is 3. The largest absolute Gasteiger partial charge is 0.497 e. The van der Waals surface area contributed by atoms with E-state index in [0.717, 1.165) is 30.0 Å². The number of methoxy groups -OCH3 is 1. The Kier molecular flexibility index (Phi) is 5.89. The van der Waals surface area contributed by atoms with Crippen LogP contribution in [-0.2, 0) is 11.2 Å². The van der Waals surface area contributed by atoms with Crippen LogP contribution in [0.3, 0.4) is 0 Å². The number of ether oxygens (including phenoxy) is 1. The number of carbonyl (C=O) groups is 1. The van der Waals surface area contributed by atoms with Crippen molar-refractivity contribution in [3.63, 3.8) is 0 Å². The van der Waals surface area contributed by atoms with Gasteiger partial charge < -0.3 is 15.5 Å². The second-order valence-corrected chi connectivity index (χ2v) is 8.01. The summed E-state index contributed by atoms with van der Waals surface area (Å²) in [5, 5.41) is 11.5. The van der Waals surface area contributed by atoms with Crippen molar-refractivity contribution in [2.45, 2.75) is 36.2 Å². The summed E-state index contributed by atoms with van der Waals surface area (Å²) in [6, 6.07) is 13.0. The fourth-order valence-electron chi connectivity index (χ4n) is 3.29. The number of anilines is 1. The highest BCUT2D eigenvalue weighted by Gasteiger charge is 2.37. The maximum Gasteiger partial charge on any atom is 0.240 e. The molecular formula is C21H22FN5O2S. The first kappa shape index (κ1) is 20.2. The molecule has 30 heavy (non-hydrogen) atoms. The standard InChI is InChI=1S/C21H22FN5O2S/c1-3-4-17-24-25-21-27(17)26-18(13-5-11-16(29-2)12-6-13)19(30-21)20(28)23-15-9-7-14(22)8-10-15/h5-12,18-19,26H,3-4H2,1-2H3,(H,23,28)/t18-,19+/m0/s1. The second-order valence-electron chi connectivity index (χ2n) is 6.90. The third kappa shape index (κ3) is 4.11. The van der Waals surface area contributed by atoms with Gasteiger partial charge in [0, 0.05) is 12.1 Å². The molecule has 0 aliphatic carbocycles. The molecule has 1 amide bonds. The minimum absolute atomic E-state index is 0.203. The molecule has 2 aromatic carbocycles. The van der Waals surface area contributed by atoms with E-state index >= 15 is 0 Å². The summed E-state index contributed by atoms with van der Waals surface area (Å²) in [6.45, 7) is 2.08. The monoisotopic (exact) mass is 427 g/mol. The Morgan fingerprint density at radius 2 is 1.93 bits per heavy atom. The van der Waals surface area contributed by atoms with Gasteiger partial charge in [0.15, 0.2) is 5.82 Å². The fraction of sp³-hybridized carbons (Fsp3) is 0.286. The van der Waals surface area contributed by atoms with Crippen LogP contribution in [0.4, 0.5) is 10.1 Å². The minimum atomic E-state index is -0.505. The van der Waals surface area contributed by atoms with Gasteiger partial charge in [-0.2, -0.15) is 0 Å². The van der Waals surface area contributed by atoms with Crippen LogP contribution < -0.4 is 15.5 Å². The Morgan fingerprint density at radius 3 is 2.60 bits per heavy atom. The van der Waals surface area contributed by atoms with Gasteiger partial charge in [-0.3, -0.25) is 4.79 Å². The third-order valence-corrected chi connectivity index (χ3v) is 6.04. The summed E-state index contributed by atoms with van der Waals surface area (Å²) >= 11 is 1.36. The van der Waals surface area contributed by atoms with Crippen LogP contribution in [0.2, 0.25) is 0 Å². The molecule has 0 unspecified atom stereocenters. The van der Waals surface area contributed by atoms with Crippen molar-refractivity contribution >= 4 is 23.4 Å². The molecule has 1 aliphatic rings. The number of benzene rings is 2. The number of thioether (sulfide) groups is 1. The highest BCUT2D eigenvalue weighted by molar-refractivity contribution is 8.00. The molecule has 7 nitrogen and oxygen atoms in total. The van der Waals surface area contributed by atoms with E-state index < -0.39 is 5.25 Å². The van der Waals surface area contributed by atoms with Gasteiger partial charge >= 0.3 is 0 Å². The van der Waals surface area contributed by atoms with Crippen molar-refractivity contribution in [2.24, 2.45) is 0 Å². The molecule has 0 saturated carbocycles. The molecule has 2 atom stereocenters. The zero-order chi connectivity index (χ0) is 21.1. The second kappa shape index (κ2) is 8.74. The van der Waals surface area contributed by atoms with Gasteiger partial charge in [-0.05, 0) is 48.4 Å². The number of hydrogen-bond acceptors (Lipinski definition) is 6. The Balaban J connectivity index is 1.65. The summed E-state index contributed by atoms with van der Waals surface area (Å²) in [5.74, 6) is 1.02. The number of aryl methyl sites for hydroxylation is 1. The molecule has 2 heterocycles. The summed E-state index contributed by atoms with van der Waals surface area (Å²) in [5.41, 5.74) is 4.89. The number of halogens is 1. The minimum Gasteiger partial charge on any atom is -0.497 e. The number of carbonyl (C=O) groups excluding carboxylic acids is 1. The van der Waals surface area contributed by atoms with E-state index in [-0.39, 0.29) is 17.8 Å². The number of nitrogens with one attached hydrogen (secondary N) is 2. The van der Waals surface area contributed by atoms with Crippen molar-refractivity contribution in [2.75, 3.05) is 17.9 Å². The summed E-state index contributed by atoms with van der Waals surface area (Å²) in [6.07, 6.45) is 1.72. The summed E-state index contributed by atoms with van der Waals surface area (Å²) in [7, 11) is 1.61. The Morgan fingerprint density at radius 1 is 1.20 bits per heavy atom. The highest BCUT2D eigenvalue weighted by atomic mass is 32.2. The highest BCUT2D eigenvalue weighted by Crippen LogP contribution is 2.38. The Labute approximate surface area is 178 Å². The van der Waals surface area contributed by atoms with E-state index in [1.807, 2.05) is 28.9 Å². The van der Waals surface area contributed by atoms with Crippen molar-refractivity contribution in [3.05, 3.63) is 65.7 Å². The number of rotatable bonds is 6. The Bertz CT molecular complexity index is 1020. The van der Waals surface area contributed by atoms with Crippen LogP contribution in [0.5, 0.6) is 5.75 Å². The lowest BCUT2D eigenvalue weighted by molar-refractivity contribution is -0.116. The molecule has 156 valence electrons. The first-order valence-corrected chi connectivity index (χ1v) is 10.5. The van der Waals surface area contributed by atoms with Crippen molar-refractivity contribution < 1.29 is 13.9 Å². The van der Waals surface area contributed by atoms with Gasteiger partial charge in [-0.25, -0.2) is 9.07 Å². The molecule has 0 spiro atoms. The molecule has 0 bridgehead atoms. The van der Waals surface area contributed by atoms with Crippen LogP contribution >= 0.6 is 11.8 Å². The number of nitrogens with zero attached hydrogens (tertiary/aromatic N) is 3. The molecule has 0 saturated heterocycles. The Hall–Kier alpha value is -3.07. The van der Waals surface area contributed by atoms with Gasteiger partial charge in [-0.15, -0.1) is 10.2 Å². The van der Waals surface area contributed by atoms with Crippen LogP contribution in [0.15, 0.2) is 53.7 Å². The van der Waals surface area contributed by atoms with E-state index in [9.17, 15) is 9.18 Å². The SMILES string of the molecule is CCCc1nnc2n1N[C@@H](c1ccc(OC)cc1)[C@H](C(=O)Nc1ccc(F)cc1)S2. The van der Waals surface area contributed by atoms with Crippen molar-refractivity contribution in [3.8, 4) is 5.75 Å². The van der Waals surface area contributed by atoms with Gasteiger partial charge in [0.2, 0.25) is 11.1 Å². The molecule has 4 rings (SSSR count). The predicted octanol–water partition coefficient (Wildman–Crippen LogP) is 3.78. The van der Waals surface area contributed by atoms with Gasteiger partial charge in [0.1, 0.15) is 16.8 Å². The molecule has 1 aliphatic heterocycles. The van der Waals surface area contributed by atoms with Crippen molar-refractivity contribution in [1.29, 1.82) is 0 Å². The smallest absolute Gasteiger partial charge is 0.240 e. The quantitative estimate of drug-likeness (QED) is 0.623. The number of fused-ring (bicyclic) bond motifs is 1. The van der Waals surface area contributed by atoms with Crippen LogP contribution in [0, 0.1) is 5.82 Å². The topological polar surface area (TPSA) is 81.1 Å².